The van der Waals surface area contributed by atoms with Crippen LogP contribution in [-0.4, -0.2) is 36.6 Å². The monoisotopic (exact) mass is 243 g/mol. The molecule has 90 valence electrons. The molecule has 15 heavy (non-hydrogen) atoms. The quantitative estimate of drug-likeness (QED) is 0.664. The van der Waals surface area contributed by atoms with Crippen LogP contribution in [0, 0.1) is 0 Å². The average molecular weight is 244 g/mol. The Bertz CT molecular complexity index is 167. The van der Waals surface area contributed by atoms with E-state index in [9.17, 15) is 0 Å². The van der Waals surface area contributed by atoms with E-state index >= 15 is 0 Å². The average Bonchev–Trinajstić information content (AvgIpc) is 2.26. The van der Waals surface area contributed by atoms with Gasteiger partial charge in [-0.15, -0.1) is 0 Å². The summed E-state index contributed by atoms with van der Waals surface area (Å²) in [6.07, 6.45) is 8.79. The second-order valence-corrected chi connectivity index (χ2v) is 12.0. The maximum absolute atomic E-state index is 2.96. The third kappa shape index (κ3) is 4.41. The molecule has 0 aliphatic heterocycles. The van der Waals surface area contributed by atoms with Gasteiger partial charge < -0.3 is 4.57 Å². The fourth-order valence-electron chi connectivity index (χ4n) is 2.76. The molecule has 2 atom stereocenters. The zero-order valence-corrected chi connectivity index (χ0v) is 14.5. The van der Waals surface area contributed by atoms with Crippen LogP contribution in [0.25, 0.3) is 0 Å². The highest BCUT2D eigenvalue weighted by molar-refractivity contribution is 6.47. The minimum absolute atomic E-state index is 0.0518. The Morgan fingerprint density at radius 1 is 1.27 bits per heavy atom. The fraction of sp³-hybridized carbons (Fsp3) is 1.00. The lowest BCUT2D eigenvalue weighted by Crippen LogP contribution is -2.46. The lowest BCUT2D eigenvalue weighted by molar-refractivity contribution is 0.208. The highest BCUT2D eigenvalue weighted by Crippen LogP contribution is 2.25. The van der Waals surface area contributed by atoms with Gasteiger partial charge in [-0.2, -0.15) is 0 Å². The maximum Gasteiger partial charge on any atom is 0.0951 e. The van der Waals surface area contributed by atoms with Crippen LogP contribution < -0.4 is 0 Å². The van der Waals surface area contributed by atoms with Gasteiger partial charge in [0.2, 0.25) is 0 Å². The standard InChI is InChI=1S/C12H29NSi2/c1-4-10(2)13(15-11(3)14)12-8-6-5-7-9-12/h10-12H,4-9,15H2,1-3,14H3. The van der Waals surface area contributed by atoms with Crippen molar-refractivity contribution in [3.05, 3.63) is 0 Å². The molecule has 0 amide bonds. The van der Waals surface area contributed by atoms with E-state index in [-0.39, 0.29) is 9.68 Å². The smallest absolute Gasteiger partial charge is 0.0951 e. The number of hydrogen-bond acceptors (Lipinski definition) is 1. The Morgan fingerprint density at radius 3 is 2.33 bits per heavy atom. The molecule has 1 aliphatic rings. The molecule has 0 radical (unpaired) electrons. The molecule has 1 saturated carbocycles. The molecule has 0 aromatic rings. The van der Waals surface area contributed by atoms with E-state index in [0.29, 0.717) is 0 Å². The zero-order chi connectivity index (χ0) is 11.3. The van der Waals surface area contributed by atoms with Gasteiger partial charge in [-0.05, 0) is 25.3 Å². The predicted octanol–water partition coefficient (Wildman–Crippen LogP) is 1.63. The second kappa shape index (κ2) is 6.87. The van der Waals surface area contributed by atoms with Gasteiger partial charge in [0.25, 0.3) is 0 Å². The predicted molar refractivity (Wildman–Crippen MR) is 76.4 cm³/mol. The fourth-order valence-corrected chi connectivity index (χ4v) is 6.15. The normalized spacial score (nSPS) is 24.0. The lowest BCUT2D eigenvalue weighted by Gasteiger charge is -2.39. The first-order valence-electron chi connectivity index (χ1n) is 6.90. The maximum atomic E-state index is 2.96. The topological polar surface area (TPSA) is 3.24 Å². The molecule has 0 aromatic heterocycles. The van der Waals surface area contributed by atoms with Crippen molar-refractivity contribution in [3.8, 4) is 0 Å². The summed E-state index contributed by atoms with van der Waals surface area (Å²) in [5, 5.41) is 1.08. The SMILES string of the molecule is CCC(C)N([SiH2]C(C)[SiH3])C1CCCCC1. The van der Waals surface area contributed by atoms with Crippen molar-refractivity contribution in [2.45, 2.75) is 76.5 Å². The Hall–Kier alpha value is 0.394. The summed E-state index contributed by atoms with van der Waals surface area (Å²) < 4.78 is 2.96. The van der Waals surface area contributed by atoms with Gasteiger partial charge >= 0.3 is 0 Å². The van der Waals surface area contributed by atoms with Crippen LogP contribution in [0.5, 0.6) is 0 Å². The number of hydrogen-bond donors (Lipinski definition) is 0. The van der Waals surface area contributed by atoms with E-state index in [4.69, 9.17) is 0 Å². The van der Waals surface area contributed by atoms with E-state index in [1.807, 2.05) is 0 Å². The number of rotatable bonds is 5. The summed E-state index contributed by atoms with van der Waals surface area (Å²) in [7, 11) is 1.46. The molecule has 1 rings (SSSR count). The molecule has 0 N–H and O–H groups in total. The van der Waals surface area contributed by atoms with E-state index in [2.05, 4.69) is 25.3 Å². The van der Waals surface area contributed by atoms with Gasteiger partial charge in [-0.3, -0.25) is 0 Å². The molecule has 1 fully saturated rings. The van der Waals surface area contributed by atoms with Crippen LogP contribution in [0.2, 0.25) is 5.16 Å². The molecule has 1 aliphatic carbocycles. The van der Waals surface area contributed by atoms with Crippen molar-refractivity contribution >= 4 is 19.9 Å². The van der Waals surface area contributed by atoms with Crippen molar-refractivity contribution in [1.29, 1.82) is 0 Å². The van der Waals surface area contributed by atoms with Crippen LogP contribution >= 0.6 is 0 Å². The van der Waals surface area contributed by atoms with Gasteiger partial charge in [-0.25, -0.2) is 0 Å². The largest absolute Gasteiger partial charge is 0.324 e. The Balaban J connectivity index is 2.52. The first-order chi connectivity index (χ1) is 7.15. The molecule has 3 heteroatoms. The van der Waals surface area contributed by atoms with Crippen LogP contribution in [0.4, 0.5) is 0 Å². The van der Waals surface area contributed by atoms with E-state index in [0.717, 1.165) is 17.2 Å². The molecule has 0 spiro atoms. The van der Waals surface area contributed by atoms with Gasteiger partial charge in [0.05, 0.1) is 9.68 Å². The van der Waals surface area contributed by atoms with Crippen molar-refractivity contribution in [2.75, 3.05) is 0 Å². The third-order valence-corrected chi connectivity index (χ3v) is 7.16. The molecular formula is C12H29NSi2. The molecule has 2 unspecified atom stereocenters. The number of nitrogens with zero attached hydrogens (tertiary/aromatic N) is 1. The minimum Gasteiger partial charge on any atom is -0.324 e. The molecule has 1 nitrogen and oxygen atoms in total. The van der Waals surface area contributed by atoms with Gasteiger partial charge in [0.1, 0.15) is 0 Å². The van der Waals surface area contributed by atoms with Crippen LogP contribution in [0.3, 0.4) is 0 Å². The van der Waals surface area contributed by atoms with Crippen LogP contribution in [0.15, 0.2) is 0 Å². The first-order valence-corrected chi connectivity index (χ1v) is 9.51. The van der Waals surface area contributed by atoms with Crippen LogP contribution in [0.1, 0.15) is 59.3 Å². The first kappa shape index (κ1) is 13.5. The van der Waals surface area contributed by atoms with Gasteiger partial charge in [0.15, 0.2) is 0 Å². The molecule has 0 aromatic carbocycles. The molecule has 0 bridgehead atoms. The zero-order valence-electron chi connectivity index (χ0n) is 11.1. The van der Waals surface area contributed by atoms with Crippen molar-refractivity contribution in [3.63, 3.8) is 0 Å². The Kier molecular flexibility index (Phi) is 6.16. The van der Waals surface area contributed by atoms with Crippen molar-refractivity contribution in [2.24, 2.45) is 0 Å². The van der Waals surface area contributed by atoms with Gasteiger partial charge in [-0.1, -0.05) is 45.2 Å². The lowest BCUT2D eigenvalue weighted by atomic mass is 9.95. The summed E-state index contributed by atoms with van der Waals surface area (Å²) >= 11 is 0. The second-order valence-electron chi connectivity index (χ2n) is 5.64. The molecule has 0 heterocycles. The highest BCUT2D eigenvalue weighted by atomic mass is 28.3. The van der Waals surface area contributed by atoms with Gasteiger partial charge in [0, 0.05) is 16.3 Å². The summed E-state index contributed by atoms with van der Waals surface area (Å²) in [4.78, 5) is 0. The molecule has 0 saturated heterocycles. The summed E-state index contributed by atoms with van der Waals surface area (Å²) in [6, 6.07) is 1.83. The van der Waals surface area contributed by atoms with Crippen LogP contribution in [-0.2, 0) is 0 Å². The summed E-state index contributed by atoms with van der Waals surface area (Å²) in [5.74, 6) is 0. The Labute approximate surface area is 101 Å². The van der Waals surface area contributed by atoms with Crippen molar-refractivity contribution < 1.29 is 0 Å². The Morgan fingerprint density at radius 2 is 1.87 bits per heavy atom. The minimum atomic E-state index is 0.0518. The van der Waals surface area contributed by atoms with E-state index in [1.165, 1.54) is 48.8 Å². The highest BCUT2D eigenvalue weighted by Gasteiger charge is 2.24. The molecular weight excluding hydrogens is 214 g/mol. The van der Waals surface area contributed by atoms with E-state index in [1.54, 1.807) is 0 Å². The summed E-state index contributed by atoms with van der Waals surface area (Å²) in [5.41, 5.74) is 0. The van der Waals surface area contributed by atoms with E-state index < -0.39 is 0 Å². The van der Waals surface area contributed by atoms with Crippen molar-refractivity contribution in [1.82, 2.24) is 4.57 Å². The third-order valence-electron chi connectivity index (χ3n) is 3.78. The summed E-state index contributed by atoms with van der Waals surface area (Å²) in [6.45, 7) is 7.27.